The summed E-state index contributed by atoms with van der Waals surface area (Å²) in [5, 5.41) is 2.70. The molecule has 126 valence electrons. The SMILES string of the molecule is CCCC(=O)N1CCCN(CC(=O)Nc2cccc(F)c2)CC1. The van der Waals surface area contributed by atoms with E-state index in [2.05, 4.69) is 5.32 Å². The molecular formula is C17H24FN3O2. The molecule has 1 heterocycles. The van der Waals surface area contributed by atoms with Gasteiger partial charge in [-0.25, -0.2) is 4.39 Å². The van der Waals surface area contributed by atoms with Gasteiger partial charge in [0, 0.05) is 38.3 Å². The molecule has 1 fully saturated rings. The van der Waals surface area contributed by atoms with Crippen molar-refractivity contribution in [3.8, 4) is 0 Å². The van der Waals surface area contributed by atoms with Crippen molar-refractivity contribution in [2.24, 2.45) is 0 Å². The van der Waals surface area contributed by atoms with Crippen LogP contribution in [0.2, 0.25) is 0 Å². The number of carbonyl (C=O) groups excluding carboxylic acids is 2. The molecule has 1 aromatic rings. The van der Waals surface area contributed by atoms with E-state index in [1.165, 1.54) is 12.1 Å². The monoisotopic (exact) mass is 321 g/mol. The molecule has 0 aromatic heterocycles. The van der Waals surface area contributed by atoms with E-state index in [0.29, 0.717) is 25.2 Å². The number of hydrogen-bond acceptors (Lipinski definition) is 3. The van der Waals surface area contributed by atoms with Gasteiger partial charge in [-0.3, -0.25) is 14.5 Å². The highest BCUT2D eigenvalue weighted by Crippen LogP contribution is 2.10. The number of anilines is 1. The highest BCUT2D eigenvalue weighted by atomic mass is 19.1. The second-order valence-corrected chi connectivity index (χ2v) is 5.82. The third kappa shape index (κ3) is 5.63. The maximum absolute atomic E-state index is 13.1. The Kier molecular flexibility index (Phi) is 6.52. The zero-order valence-electron chi connectivity index (χ0n) is 13.6. The summed E-state index contributed by atoms with van der Waals surface area (Å²) in [6, 6.07) is 5.86. The zero-order valence-corrected chi connectivity index (χ0v) is 13.6. The maximum Gasteiger partial charge on any atom is 0.238 e. The summed E-state index contributed by atoms with van der Waals surface area (Å²) < 4.78 is 13.1. The molecule has 1 aromatic carbocycles. The highest BCUT2D eigenvalue weighted by molar-refractivity contribution is 5.92. The van der Waals surface area contributed by atoms with Gasteiger partial charge in [0.1, 0.15) is 5.82 Å². The van der Waals surface area contributed by atoms with Crippen LogP contribution in [0.15, 0.2) is 24.3 Å². The highest BCUT2D eigenvalue weighted by Gasteiger charge is 2.19. The summed E-state index contributed by atoms with van der Waals surface area (Å²) >= 11 is 0. The molecule has 1 N–H and O–H groups in total. The molecular weight excluding hydrogens is 297 g/mol. The van der Waals surface area contributed by atoms with E-state index in [9.17, 15) is 14.0 Å². The molecule has 0 unspecified atom stereocenters. The summed E-state index contributed by atoms with van der Waals surface area (Å²) in [6.07, 6.45) is 2.30. The topological polar surface area (TPSA) is 52.7 Å². The normalized spacial score (nSPS) is 16.0. The van der Waals surface area contributed by atoms with Gasteiger partial charge in [0.25, 0.3) is 0 Å². The van der Waals surface area contributed by atoms with Gasteiger partial charge < -0.3 is 10.2 Å². The Balaban J connectivity index is 1.81. The number of nitrogens with zero attached hydrogens (tertiary/aromatic N) is 2. The first-order valence-corrected chi connectivity index (χ1v) is 8.14. The van der Waals surface area contributed by atoms with E-state index in [4.69, 9.17) is 0 Å². The largest absolute Gasteiger partial charge is 0.341 e. The minimum atomic E-state index is -0.373. The molecule has 1 saturated heterocycles. The first-order chi connectivity index (χ1) is 11.1. The molecule has 0 atom stereocenters. The lowest BCUT2D eigenvalue weighted by molar-refractivity contribution is -0.131. The van der Waals surface area contributed by atoms with E-state index < -0.39 is 0 Å². The summed E-state index contributed by atoms with van der Waals surface area (Å²) in [6.45, 7) is 5.14. The van der Waals surface area contributed by atoms with Crippen LogP contribution >= 0.6 is 0 Å². The molecule has 0 saturated carbocycles. The average molecular weight is 321 g/mol. The number of hydrogen-bond donors (Lipinski definition) is 1. The number of amides is 2. The predicted octanol–water partition coefficient (Wildman–Crippen LogP) is 2.10. The third-order valence-electron chi connectivity index (χ3n) is 3.88. The first-order valence-electron chi connectivity index (χ1n) is 8.14. The molecule has 23 heavy (non-hydrogen) atoms. The van der Waals surface area contributed by atoms with Crippen LogP contribution in [0, 0.1) is 5.82 Å². The predicted molar refractivity (Wildman–Crippen MR) is 87.6 cm³/mol. The van der Waals surface area contributed by atoms with Crippen molar-refractivity contribution in [2.45, 2.75) is 26.2 Å². The van der Waals surface area contributed by atoms with Crippen LogP contribution in [0.25, 0.3) is 0 Å². The van der Waals surface area contributed by atoms with Crippen molar-refractivity contribution in [2.75, 3.05) is 38.0 Å². The lowest BCUT2D eigenvalue weighted by atomic mass is 10.3. The Hall–Kier alpha value is -1.95. The first kappa shape index (κ1) is 17.4. The molecule has 1 aliphatic heterocycles. The Morgan fingerprint density at radius 3 is 2.78 bits per heavy atom. The van der Waals surface area contributed by atoms with Gasteiger partial charge in [-0.15, -0.1) is 0 Å². The van der Waals surface area contributed by atoms with Crippen molar-refractivity contribution in [1.82, 2.24) is 9.80 Å². The van der Waals surface area contributed by atoms with Crippen molar-refractivity contribution >= 4 is 17.5 Å². The Morgan fingerprint density at radius 1 is 1.22 bits per heavy atom. The summed E-state index contributed by atoms with van der Waals surface area (Å²) in [7, 11) is 0. The number of carbonyl (C=O) groups is 2. The van der Waals surface area contributed by atoms with E-state index in [-0.39, 0.29) is 24.2 Å². The Bertz CT molecular complexity index is 550. The van der Waals surface area contributed by atoms with Gasteiger partial charge in [0.2, 0.25) is 11.8 Å². The van der Waals surface area contributed by atoms with Gasteiger partial charge in [-0.05, 0) is 31.0 Å². The van der Waals surface area contributed by atoms with E-state index >= 15 is 0 Å². The van der Waals surface area contributed by atoms with E-state index in [0.717, 1.165) is 25.9 Å². The second kappa shape index (κ2) is 8.62. The number of benzene rings is 1. The molecule has 0 radical (unpaired) electrons. The van der Waals surface area contributed by atoms with Crippen LogP contribution in [-0.4, -0.2) is 54.3 Å². The van der Waals surface area contributed by atoms with Crippen molar-refractivity contribution in [3.05, 3.63) is 30.1 Å². The standard InChI is InChI=1S/C17H24FN3O2/c1-2-5-17(23)21-9-4-8-20(10-11-21)13-16(22)19-15-7-3-6-14(18)12-15/h3,6-7,12H,2,4-5,8-11,13H2,1H3,(H,19,22). The van der Waals surface area contributed by atoms with Crippen molar-refractivity contribution in [1.29, 1.82) is 0 Å². The average Bonchev–Trinajstić information content (AvgIpc) is 2.73. The Morgan fingerprint density at radius 2 is 2.04 bits per heavy atom. The molecule has 2 amide bonds. The molecule has 5 nitrogen and oxygen atoms in total. The maximum atomic E-state index is 13.1. The van der Waals surface area contributed by atoms with Gasteiger partial charge in [0.05, 0.1) is 6.54 Å². The van der Waals surface area contributed by atoms with E-state index in [1.54, 1.807) is 12.1 Å². The third-order valence-corrected chi connectivity index (χ3v) is 3.88. The lowest BCUT2D eigenvalue weighted by Crippen LogP contribution is -2.37. The van der Waals surface area contributed by atoms with Gasteiger partial charge in [-0.2, -0.15) is 0 Å². The van der Waals surface area contributed by atoms with Gasteiger partial charge in [-0.1, -0.05) is 13.0 Å². The van der Waals surface area contributed by atoms with E-state index in [1.807, 2.05) is 16.7 Å². The minimum Gasteiger partial charge on any atom is -0.341 e. The molecule has 1 aliphatic rings. The second-order valence-electron chi connectivity index (χ2n) is 5.82. The fourth-order valence-corrected chi connectivity index (χ4v) is 2.72. The molecule has 2 rings (SSSR count). The summed E-state index contributed by atoms with van der Waals surface area (Å²) in [5.41, 5.74) is 0.463. The molecule has 0 spiro atoms. The van der Waals surface area contributed by atoms with Crippen LogP contribution < -0.4 is 5.32 Å². The molecule has 0 bridgehead atoms. The number of nitrogens with one attached hydrogen (secondary N) is 1. The number of halogens is 1. The quantitative estimate of drug-likeness (QED) is 0.903. The zero-order chi connectivity index (χ0) is 16.7. The van der Waals surface area contributed by atoms with Crippen LogP contribution in [0.3, 0.4) is 0 Å². The minimum absolute atomic E-state index is 0.163. The van der Waals surface area contributed by atoms with Crippen LogP contribution in [0.1, 0.15) is 26.2 Å². The molecule has 6 heteroatoms. The smallest absolute Gasteiger partial charge is 0.238 e. The van der Waals surface area contributed by atoms with Crippen molar-refractivity contribution in [3.63, 3.8) is 0 Å². The fraction of sp³-hybridized carbons (Fsp3) is 0.529. The lowest BCUT2D eigenvalue weighted by Gasteiger charge is -2.21. The number of rotatable bonds is 5. The fourth-order valence-electron chi connectivity index (χ4n) is 2.72. The van der Waals surface area contributed by atoms with Crippen molar-refractivity contribution < 1.29 is 14.0 Å². The Labute approximate surface area is 136 Å². The molecule has 0 aliphatic carbocycles. The van der Waals surface area contributed by atoms with Crippen LogP contribution in [0.4, 0.5) is 10.1 Å². The van der Waals surface area contributed by atoms with Gasteiger partial charge >= 0.3 is 0 Å². The van der Waals surface area contributed by atoms with Crippen LogP contribution in [0.5, 0.6) is 0 Å². The summed E-state index contributed by atoms with van der Waals surface area (Å²) in [4.78, 5) is 27.9. The summed E-state index contributed by atoms with van der Waals surface area (Å²) in [5.74, 6) is -0.342. The van der Waals surface area contributed by atoms with Gasteiger partial charge in [0.15, 0.2) is 0 Å². The van der Waals surface area contributed by atoms with Crippen LogP contribution in [-0.2, 0) is 9.59 Å².